The number of carbonyl (C=O) groups is 1. The van der Waals surface area contributed by atoms with E-state index in [9.17, 15) is 4.79 Å². The van der Waals surface area contributed by atoms with Crippen LogP contribution in [0.15, 0.2) is 30.3 Å². The lowest BCUT2D eigenvalue weighted by Gasteiger charge is -1.98. The monoisotopic (exact) mass is 191 g/mol. The molecule has 3 nitrogen and oxygen atoms in total. The highest BCUT2D eigenvalue weighted by Gasteiger charge is 1.99. The van der Waals surface area contributed by atoms with Crippen molar-refractivity contribution in [2.24, 2.45) is 0 Å². The highest BCUT2D eigenvalue weighted by atomic mass is 16.5. The van der Waals surface area contributed by atoms with E-state index in [2.05, 4.69) is 11.3 Å². The molecule has 0 aliphatic rings. The zero-order valence-corrected chi connectivity index (χ0v) is 8.14. The molecular weight excluding hydrogens is 178 g/mol. The van der Waals surface area contributed by atoms with E-state index in [1.807, 2.05) is 30.3 Å². The molecule has 3 heteroatoms. The van der Waals surface area contributed by atoms with E-state index in [1.54, 1.807) is 0 Å². The number of carbonyl (C=O) groups excluding carboxylic acids is 1. The van der Waals surface area contributed by atoms with Gasteiger partial charge in [0.1, 0.15) is 0 Å². The first kappa shape index (κ1) is 12.2. The number of methoxy groups -OCH3 is 1. The molecule has 0 spiro atoms. The van der Waals surface area contributed by atoms with Crippen molar-refractivity contribution in [3.8, 4) is 6.57 Å². The van der Waals surface area contributed by atoms with Crippen LogP contribution < -0.4 is 0 Å². The predicted molar refractivity (Wildman–Crippen MR) is 53.4 cm³/mol. The first-order valence-electron chi connectivity index (χ1n) is 4.19. The molecule has 1 aromatic carbocycles. The van der Waals surface area contributed by atoms with Crippen molar-refractivity contribution < 1.29 is 9.53 Å². The fourth-order valence-corrected chi connectivity index (χ4v) is 0.993. The van der Waals surface area contributed by atoms with Gasteiger partial charge in [0.25, 0.3) is 0 Å². The van der Waals surface area contributed by atoms with Crippen LogP contribution in [-0.4, -0.2) is 13.1 Å². The van der Waals surface area contributed by atoms with E-state index in [4.69, 9.17) is 5.26 Å². The Bertz CT molecular complexity index is 280. The van der Waals surface area contributed by atoms with Gasteiger partial charge in [-0.2, -0.15) is 0 Å². The van der Waals surface area contributed by atoms with Gasteiger partial charge in [-0.05, 0) is 12.0 Å². The average molecular weight is 191 g/mol. The first-order valence-corrected chi connectivity index (χ1v) is 4.19. The number of aryl methyl sites for hydroxylation is 1. The van der Waals surface area contributed by atoms with Crippen molar-refractivity contribution in [2.75, 3.05) is 7.11 Å². The third-order valence-electron chi connectivity index (χ3n) is 1.69. The number of nitrogens with zero attached hydrogens (tertiary/aromatic N) is 1. The Labute approximate surface area is 83.9 Å². The van der Waals surface area contributed by atoms with Gasteiger partial charge in [-0.15, -0.1) is 0 Å². The van der Waals surface area contributed by atoms with Crippen molar-refractivity contribution in [3.63, 3.8) is 0 Å². The molecule has 0 bridgehead atoms. The molecular formula is C11H13NO2. The fourth-order valence-electron chi connectivity index (χ4n) is 0.993. The highest BCUT2D eigenvalue weighted by molar-refractivity contribution is 5.69. The normalized spacial score (nSPS) is 8.21. The summed E-state index contributed by atoms with van der Waals surface area (Å²) in [6.07, 6.45) is 1.22. The third-order valence-corrected chi connectivity index (χ3v) is 1.69. The second kappa shape index (κ2) is 7.81. The number of hydrogen-bond donors (Lipinski definition) is 0. The van der Waals surface area contributed by atoms with Crippen LogP contribution in [0.5, 0.6) is 0 Å². The molecule has 0 heterocycles. The van der Waals surface area contributed by atoms with Crippen molar-refractivity contribution in [1.82, 2.24) is 0 Å². The molecule has 0 radical (unpaired) electrons. The summed E-state index contributed by atoms with van der Waals surface area (Å²) in [7, 11) is 1.41. The van der Waals surface area contributed by atoms with E-state index < -0.39 is 0 Å². The molecule has 1 rings (SSSR count). The summed E-state index contributed by atoms with van der Waals surface area (Å²) in [5.41, 5.74) is 1.17. The number of esters is 1. The number of ether oxygens (including phenoxy) is 1. The van der Waals surface area contributed by atoms with Gasteiger partial charge in [0.15, 0.2) is 0 Å². The maximum Gasteiger partial charge on any atom is 0.305 e. The minimum absolute atomic E-state index is 0.154. The summed E-state index contributed by atoms with van der Waals surface area (Å²) in [5.74, 6) is -0.154. The summed E-state index contributed by atoms with van der Waals surface area (Å²) in [6, 6.07) is 9.90. The van der Waals surface area contributed by atoms with Gasteiger partial charge in [-0.1, -0.05) is 30.3 Å². The Morgan fingerprint density at radius 1 is 1.36 bits per heavy atom. The lowest BCUT2D eigenvalue weighted by Crippen LogP contribution is -2.01. The summed E-state index contributed by atoms with van der Waals surface area (Å²) in [5, 5.41) is 6.50. The molecule has 0 amide bonds. The minimum Gasteiger partial charge on any atom is -0.469 e. The lowest BCUT2D eigenvalue weighted by molar-refractivity contribution is -0.140. The van der Waals surface area contributed by atoms with Crippen LogP contribution in [0.1, 0.15) is 12.0 Å². The molecule has 0 aromatic heterocycles. The molecule has 14 heavy (non-hydrogen) atoms. The molecule has 0 aliphatic carbocycles. The van der Waals surface area contributed by atoms with Crippen LogP contribution in [0.4, 0.5) is 0 Å². The molecule has 1 aromatic rings. The van der Waals surface area contributed by atoms with Crippen LogP contribution in [0.2, 0.25) is 0 Å². The average Bonchev–Trinajstić information content (AvgIpc) is 2.30. The third kappa shape index (κ3) is 4.94. The minimum atomic E-state index is -0.154. The Hall–Kier alpha value is -1.82. The summed E-state index contributed by atoms with van der Waals surface area (Å²) in [4.78, 5) is 10.8. The molecule has 0 aliphatic heterocycles. The van der Waals surface area contributed by atoms with E-state index in [-0.39, 0.29) is 5.97 Å². The second-order valence-electron chi connectivity index (χ2n) is 2.56. The van der Waals surface area contributed by atoms with Crippen LogP contribution >= 0.6 is 0 Å². The van der Waals surface area contributed by atoms with E-state index in [1.165, 1.54) is 12.7 Å². The van der Waals surface area contributed by atoms with Crippen molar-refractivity contribution in [1.29, 1.82) is 5.26 Å². The van der Waals surface area contributed by atoms with Gasteiger partial charge in [0, 0.05) is 13.0 Å². The van der Waals surface area contributed by atoms with E-state index in [0.717, 1.165) is 6.42 Å². The molecule has 0 fully saturated rings. The topological polar surface area (TPSA) is 50.1 Å². The quantitative estimate of drug-likeness (QED) is 0.686. The van der Waals surface area contributed by atoms with E-state index >= 15 is 0 Å². The van der Waals surface area contributed by atoms with Gasteiger partial charge in [0.2, 0.25) is 0 Å². The number of rotatable bonds is 3. The van der Waals surface area contributed by atoms with Crippen molar-refractivity contribution >= 4 is 5.97 Å². The largest absolute Gasteiger partial charge is 0.469 e. The molecule has 0 saturated heterocycles. The van der Waals surface area contributed by atoms with Crippen LogP contribution in [-0.2, 0) is 16.0 Å². The first-order chi connectivity index (χ1) is 6.83. The van der Waals surface area contributed by atoms with Gasteiger partial charge in [0.05, 0.1) is 7.11 Å². The lowest BCUT2D eigenvalue weighted by atomic mass is 10.1. The zero-order chi connectivity index (χ0) is 10.8. The summed E-state index contributed by atoms with van der Waals surface area (Å²) >= 11 is 0. The maximum absolute atomic E-state index is 10.8. The molecule has 74 valence electrons. The SMILES string of the molecule is C#N.COC(=O)CCc1ccccc1. The summed E-state index contributed by atoms with van der Waals surface area (Å²) < 4.78 is 4.53. The molecule has 0 saturated carbocycles. The fraction of sp³-hybridized carbons (Fsp3) is 0.273. The van der Waals surface area contributed by atoms with Gasteiger partial charge in [-0.3, -0.25) is 4.79 Å². The number of hydrogen-bond acceptors (Lipinski definition) is 3. The van der Waals surface area contributed by atoms with Gasteiger partial charge >= 0.3 is 5.97 Å². The van der Waals surface area contributed by atoms with Crippen molar-refractivity contribution in [2.45, 2.75) is 12.8 Å². The summed E-state index contributed by atoms with van der Waals surface area (Å²) in [6.45, 7) is 3.50. The highest BCUT2D eigenvalue weighted by Crippen LogP contribution is 2.02. The molecule has 0 N–H and O–H groups in total. The molecule has 0 atom stereocenters. The number of nitriles is 1. The maximum atomic E-state index is 10.8. The Balaban J connectivity index is 0.000000791. The second-order valence-corrected chi connectivity index (χ2v) is 2.56. The molecule has 0 unspecified atom stereocenters. The van der Waals surface area contributed by atoms with Crippen LogP contribution in [0, 0.1) is 11.8 Å². The zero-order valence-electron chi connectivity index (χ0n) is 8.14. The Morgan fingerprint density at radius 2 is 1.93 bits per heavy atom. The van der Waals surface area contributed by atoms with E-state index in [0.29, 0.717) is 6.42 Å². The van der Waals surface area contributed by atoms with Crippen molar-refractivity contribution in [3.05, 3.63) is 35.9 Å². The van der Waals surface area contributed by atoms with Gasteiger partial charge < -0.3 is 4.74 Å². The van der Waals surface area contributed by atoms with Crippen LogP contribution in [0.3, 0.4) is 0 Å². The Morgan fingerprint density at radius 3 is 2.43 bits per heavy atom. The predicted octanol–water partition coefficient (Wildman–Crippen LogP) is 1.93. The van der Waals surface area contributed by atoms with Crippen LogP contribution in [0.25, 0.3) is 0 Å². The standard InChI is InChI=1S/C10H12O2.CHN/c1-12-10(11)8-7-9-5-3-2-4-6-9;1-2/h2-6H,7-8H2,1H3;1H. The van der Waals surface area contributed by atoms with Gasteiger partial charge in [-0.25, -0.2) is 5.26 Å². The smallest absolute Gasteiger partial charge is 0.305 e. The Kier molecular flexibility index (Phi) is 6.79. The number of benzene rings is 1.